The minimum atomic E-state index is 0.403. The maximum absolute atomic E-state index is 6.27. The molecule has 4 heterocycles. The molecular weight excluding hydrogens is 302 g/mol. The molecule has 2 atom stereocenters. The fourth-order valence-electron chi connectivity index (χ4n) is 4.42. The highest BCUT2D eigenvalue weighted by Crippen LogP contribution is 2.28. The third kappa shape index (κ3) is 3.97. The van der Waals surface area contributed by atoms with Crippen molar-refractivity contribution < 1.29 is 9.47 Å². The monoisotopic (exact) mass is 331 g/mol. The van der Waals surface area contributed by atoms with Crippen LogP contribution in [-0.2, 0) is 16.0 Å². The predicted molar refractivity (Wildman–Crippen MR) is 92.8 cm³/mol. The van der Waals surface area contributed by atoms with Gasteiger partial charge in [0.15, 0.2) is 0 Å². The molecule has 5 nitrogen and oxygen atoms in total. The van der Waals surface area contributed by atoms with Gasteiger partial charge in [-0.2, -0.15) is 0 Å². The third-order valence-corrected chi connectivity index (χ3v) is 5.80. The molecule has 3 saturated heterocycles. The van der Waals surface area contributed by atoms with Crippen LogP contribution in [0.1, 0.15) is 24.8 Å². The van der Waals surface area contributed by atoms with E-state index < -0.39 is 0 Å². The first-order valence-corrected chi connectivity index (χ1v) is 9.43. The highest BCUT2D eigenvalue weighted by molar-refractivity contribution is 5.08. The Kier molecular flexibility index (Phi) is 5.43. The zero-order chi connectivity index (χ0) is 16.2. The number of likely N-dealkylation sites (tertiary alicyclic amines) is 1. The minimum absolute atomic E-state index is 0.403. The van der Waals surface area contributed by atoms with Crippen LogP contribution in [-0.4, -0.2) is 72.9 Å². The standard InChI is InChI=1S/C19H29N3O2/c1-2-16(12-20-6-1)13-21-8-11-24-19-15-22(7-3-17(19)14-21)18-4-9-23-10-5-18/h1-2,6,12,17-19H,3-5,7-11,13-15H2/t17-,19-/m1/s1. The Morgan fingerprint density at radius 3 is 2.83 bits per heavy atom. The van der Waals surface area contributed by atoms with Gasteiger partial charge in [0.05, 0.1) is 12.7 Å². The number of hydrogen-bond donors (Lipinski definition) is 0. The summed E-state index contributed by atoms with van der Waals surface area (Å²) in [6.07, 6.45) is 7.86. The van der Waals surface area contributed by atoms with E-state index >= 15 is 0 Å². The van der Waals surface area contributed by atoms with E-state index in [2.05, 4.69) is 20.9 Å². The minimum Gasteiger partial charge on any atom is -0.381 e. The second kappa shape index (κ2) is 7.91. The Labute approximate surface area is 144 Å². The number of ether oxygens (including phenoxy) is 2. The molecule has 0 bridgehead atoms. The lowest BCUT2D eigenvalue weighted by molar-refractivity contribution is -0.0512. The molecule has 1 aromatic heterocycles. The molecule has 4 rings (SSSR count). The van der Waals surface area contributed by atoms with Gasteiger partial charge in [-0.05, 0) is 37.4 Å². The largest absolute Gasteiger partial charge is 0.381 e. The van der Waals surface area contributed by atoms with Gasteiger partial charge in [0.25, 0.3) is 0 Å². The number of hydrogen-bond acceptors (Lipinski definition) is 5. The molecule has 3 aliphatic rings. The lowest BCUT2D eigenvalue weighted by Crippen LogP contribution is -2.51. The summed E-state index contributed by atoms with van der Waals surface area (Å²) in [5, 5.41) is 0. The van der Waals surface area contributed by atoms with E-state index in [1.807, 2.05) is 18.5 Å². The van der Waals surface area contributed by atoms with Crippen LogP contribution in [0.5, 0.6) is 0 Å². The van der Waals surface area contributed by atoms with Crippen molar-refractivity contribution in [1.29, 1.82) is 0 Å². The quantitative estimate of drug-likeness (QED) is 0.844. The van der Waals surface area contributed by atoms with Crippen LogP contribution in [0.3, 0.4) is 0 Å². The van der Waals surface area contributed by atoms with Crippen molar-refractivity contribution in [3.63, 3.8) is 0 Å². The van der Waals surface area contributed by atoms with E-state index in [1.165, 1.54) is 31.4 Å². The van der Waals surface area contributed by atoms with Gasteiger partial charge in [-0.3, -0.25) is 14.8 Å². The van der Waals surface area contributed by atoms with E-state index in [1.54, 1.807) is 0 Å². The first-order valence-electron chi connectivity index (χ1n) is 9.43. The number of rotatable bonds is 3. The van der Waals surface area contributed by atoms with Crippen molar-refractivity contribution in [2.75, 3.05) is 46.0 Å². The third-order valence-electron chi connectivity index (χ3n) is 5.80. The van der Waals surface area contributed by atoms with Gasteiger partial charge in [-0.15, -0.1) is 0 Å². The van der Waals surface area contributed by atoms with Gasteiger partial charge in [0.2, 0.25) is 0 Å². The van der Waals surface area contributed by atoms with Crippen molar-refractivity contribution >= 4 is 0 Å². The summed E-state index contributed by atoms with van der Waals surface area (Å²) in [6, 6.07) is 4.90. The maximum atomic E-state index is 6.27. The summed E-state index contributed by atoms with van der Waals surface area (Å²) in [4.78, 5) is 9.46. The maximum Gasteiger partial charge on any atom is 0.0743 e. The summed E-state index contributed by atoms with van der Waals surface area (Å²) in [6.45, 7) is 8.20. The average Bonchev–Trinajstić information content (AvgIpc) is 2.84. The van der Waals surface area contributed by atoms with Crippen molar-refractivity contribution in [2.24, 2.45) is 5.92 Å². The molecule has 0 unspecified atom stereocenters. The van der Waals surface area contributed by atoms with Crippen LogP contribution in [0.2, 0.25) is 0 Å². The number of pyridine rings is 1. The Morgan fingerprint density at radius 2 is 2.00 bits per heavy atom. The van der Waals surface area contributed by atoms with Crippen LogP contribution in [0.15, 0.2) is 24.5 Å². The van der Waals surface area contributed by atoms with E-state index in [4.69, 9.17) is 9.47 Å². The van der Waals surface area contributed by atoms with Gasteiger partial charge >= 0.3 is 0 Å². The Bertz CT molecular complexity index is 507. The van der Waals surface area contributed by atoms with Crippen LogP contribution < -0.4 is 0 Å². The number of piperidine rings is 1. The van der Waals surface area contributed by atoms with E-state index in [-0.39, 0.29) is 0 Å². The van der Waals surface area contributed by atoms with E-state index in [9.17, 15) is 0 Å². The van der Waals surface area contributed by atoms with Gasteiger partial charge in [0.1, 0.15) is 0 Å². The fourth-order valence-corrected chi connectivity index (χ4v) is 4.42. The fraction of sp³-hybridized carbons (Fsp3) is 0.737. The normalized spacial score (nSPS) is 30.7. The number of nitrogens with zero attached hydrogens (tertiary/aromatic N) is 3. The van der Waals surface area contributed by atoms with Crippen molar-refractivity contribution in [2.45, 2.75) is 38.0 Å². The molecule has 0 N–H and O–H groups in total. The SMILES string of the molecule is c1cncc(CN2CCO[C@@H]3CN(C4CCOCC4)CC[C@@H]3C2)c1. The molecule has 3 fully saturated rings. The summed E-state index contributed by atoms with van der Waals surface area (Å²) < 4.78 is 11.8. The Balaban J connectivity index is 1.34. The molecular formula is C19H29N3O2. The highest BCUT2D eigenvalue weighted by Gasteiger charge is 2.36. The molecule has 0 aliphatic carbocycles. The van der Waals surface area contributed by atoms with Gasteiger partial charge < -0.3 is 9.47 Å². The Morgan fingerprint density at radius 1 is 1.08 bits per heavy atom. The van der Waals surface area contributed by atoms with E-state index in [0.717, 1.165) is 46.0 Å². The smallest absolute Gasteiger partial charge is 0.0743 e. The van der Waals surface area contributed by atoms with Crippen molar-refractivity contribution in [3.8, 4) is 0 Å². The summed E-state index contributed by atoms with van der Waals surface area (Å²) in [5.41, 5.74) is 1.30. The second-order valence-electron chi connectivity index (χ2n) is 7.39. The number of aromatic nitrogens is 1. The highest BCUT2D eigenvalue weighted by atomic mass is 16.5. The first kappa shape index (κ1) is 16.5. The van der Waals surface area contributed by atoms with Crippen molar-refractivity contribution in [1.82, 2.24) is 14.8 Å². The lowest BCUT2D eigenvalue weighted by Gasteiger charge is -2.43. The van der Waals surface area contributed by atoms with Crippen LogP contribution in [0, 0.1) is 5.92 Å². The molecule has 0 amide bonds. The Hall–Kier alpha value is -1.01. The molecule has 5 heteroatoms. The molecule has 0 aromatic carbocycles. The molecule has 3 aliphatic heterocycles. The zero-order valence-electron chi connectivity index (χ0n) is 14.5. The molecule has 24 heavy (non-hydrogen) atoms. The van der Waals surface area contributed by atoms with E-state index in [0.29, 0.717) is 18.1 Å². The predicted octanol–water partition coefficient (Wildman–Crippen LogP) is 1.78. The van der Waals surface area contributed by atoms with Crippen molar-refractivity contribution in [3.05, 3.63) is 30.1 Å². The zero-order valence-corrected chi connectivity index (χ0v) is 14.5. The van der Waals surface area contributed by atoms with Gasteiger partial charge in [-0.1, -0.05) is 6.07 Å². The van der Waals surface area contributed by atoms with Gasteiger partial charge in [0, 0.05) is 63.7 Å². The molecule has 132 valence electrons. The van der Waals surface area contributed by atoms with Crippen LogP contribution in [0.4, 0.5) is 0 Å². The summed E-state index contributed by atoms with van der Waals surface area (Å²) in [7, 11) is 0. The topological polar surface area (TPSA) is 37.8 Å². The second-order valence-corrected chi connectivity index (χ2v) is 7.39. The number of fused-ring (bicyclic) bond motifs is 1. The average molecular weight is 331 g/mol. The molecule has 0 spiro atoms. The molecule has 1 aromatic rings. The summed E-state index contributed by atoms with van der Waals surface area (Å²) in [5.74, 6) is 0.667. The molecule has 0 saturated carbocycles. The van der Waals surface area contributed by atoms with Crippen LogP contribution in [0.25, 0.3) is 0 Å². The lowest BCUT2D eigenvalue weighted by atomic mass is 9.91. The van der Waals surface area contributed by atoms with Gasteiger partial charge in [-0.25, -0.2) is 0 Å². The summed E-state index contributed by atoms with van der Waals surface area (Å²) >= 11 is 0. The van der Waals surface area contributed by atoms with Crippen LogP contribution >= 0.6 is 0 Å². The first-order chi connectivity index (χ1) is 11.9. The molecule has 0 radical (unpaired) electrons.